The predicted molar refractivity (Wildman–Crippen MR) is 102 cm³/mol. The normalized spacial score (nSPS) is 16.8. The summed E-state index contributed by atoms with van der Waals surface area (Å²) in [6.45, 7) is 1.00. The second-order valence-electron chi connectivity index (χ2n) is 7.47. The van der Waals surface area contributed by atoms with Crippen LogP contribution in [0.2, 0.25) is 0 Å². The Morgan fingerprint density at radius 1 is 1.10 bits per heavy atom. The van der Waals surface area contributed by atoms with Gasteiger partial charge in [0.25, 0.3) is 0 Å². The first-order chi connectivity index (χ1) is 13.5. The van der Waals surface area contributed by atoms with Crippen LogP contribution in [0.25, 0.3) is 4.72 Å². The molecule has 1 aromatic heterocycles. The summed E-state index contributed by atoms with van der Waals surface area (Å²) in [5, 5.41) is 6.82. The number of sulfonamides is 1. The average molecular weight is 424 g/mol. The Morgan fingerprint density at radius 3 is 2.48 bits per heavy atom. The average Bonchev–Trinajstić information content (AvgIpc) is 3.39. The molecule has 3 aliphatic rings. The summed E-state index contributed by atoms with van der Waals surface area (Å²) in [4.78, 5) is 12.4. The van der Waals surface area contributed by atoms with Crippen molar-refractivity contribution in [1.82, 2.24) is 9.78 Å². The Labute approximate surface area is 191 Å². The molecule has 148 valence electrons. The van der Waals surface area contributed by atoms with Gasteiger partial charge in [-0.2, -0.15) is 5.10 Å². The van der Waals surface area contributed by atoms with Crippen LogP contribution in [0.1, 0.15) is 41.5 Å². The smallest absolute Gasteiger partial charge is 0.477 e. The van der Waals surface area contributed by atoms with Gasteiger partial charge in [0.15, 0.2) is 10.9 Å². The Bertz CT molecular complexity index is 1050. The first-order valence-electron chi connectivity index (χ1n) is 9.67. The topological polar surface area (TPSA) is 104 Å². The van der Waals surface area contributed by atoms with E-state index < -0.39 is 16.1 Å². The molecule has 0 unspecified atom stereocenters. The number of ether oxygens (including phenoxy) is 1. The van der Waals surface area contributed by atoms with Crippen LogP contribution in [0.3, 0.4) is 0 Å². The number of amides is 2. The molecule has 2 amide bonds. The largest absolute Gasteiger partial charge is 1.00 e. The standard InChI is InChI=1S/C19H22N4O4S.Na/c24-19(22-28(25,26)16-11-20-23-8-3-9-27-18(16)23)21-17-14-6-1-4-12(14)10-13-5-2-7-15(13)17;/h10-11H,1-9H2,(H2,21,22,24);/q;+1/p-1. The molecule has 1 aliphatic heterocycles. The van der Waals surface area contributed by atoms with Crippen LogP contribution in [0.4, 0.5) is 10.5 Å². The molecule has 0 atom stereocenters. The predicted octanol–water partition coefficient (Wildman–Crippen LogP) is -0.0585. The quantitative estimate of drug-likeness (QED) is 0.696. The van der Waals surface area contributed by atoms with E-state index in [1.54, 1.807) is 0 Å². The van der Waals surface area contributed by atoms with Crippen molar-refractivity contribution in [3.8, 4) is 5.88 Å². The van der Waals surface area contributed by atoms with Gasteiger partial charge in [-0.1, -0.05) is 6.07 Å². The van der Waals surface area contributed by atoms with Crippen molar-refractivity contribution in [2.75, 3.05) is 11.9 Å². The third-order valence-electron chi connectivity index (χ3n) is 5.70. The molecular weight excluding hydrogens is 403 g/mol. The molecule has 2 aliphatic carbocycles. The minimum absolute atomic E-state index is 0. The van der Waals surface area contributed by atoms with Crippen molar-refractivity contribution in [3.05, 3.63) is 39.2 Å². The Hall–Kier alpha value is -1.55. The van der Waals surface area contributed by atoms with E-state index in [2.05, 4.69) is 21.2 Å². The van der Waals surface area contributed by atoms with Crippen LogP contribution >= 0.6 is 0 Å². The number of benzene rings is 1. The molecule has 0 bridgehead atoms. The maximum absolute atomic E-state index is 12.7. The van der Waals surface area contributed by atoms with E-state index in [9.17, 15) is 13.2 Å². The van der Waals surface area contributed by atoms with E-state index in [1.165, 1.54) is 22.0 Å². The molecule has 1 aromatic carbocycles. The molecule has 5 rings (SSSR count). The number of carbonyl (C=O) groups excluding carboxylic acids is 1. The van der Waals surface area contributed by atoms with Gasteiger partial charge < -0.3 is 14.8 Å². The van der Waals surface area contributed by atoms with Crippen LogP contribution in [-0.4, -0.2) is 30.8 Å². The van der Waals surface area contributed by atoms with Gasteiger partial charge in [-0.15, -0.1) is 0 Å². The van der Waals surface area contributed by atoms with Gasteiger partial charge in [0.1, 0.15) is 0 Å². The van der Waals surface area contributed by atoms with Gasteiger partial charge in [-0.3, -0.25) is 4.79 Å². The zero-order valence-corrected chi connectivity index (χ0v) is 19.2. The fourth-order valence-corrected chi connectivity index (χ4v) is 5.40. The van der Waals surface area contributed by atoms with E-state index in [4.69, 9.17) is 4.74 Å². The third kappa shape index (κ3) is 3.69. The summed E-state index contributed by atoms with van der Waals surface area (Å²) in [5.74, 6) is 0.157. The van der Waals surface area contributed by atoms with E-state index in [0.717, 1.165) is 61.8 Å². The Balaban J connectivity index is 0.00000205. The molecule has 0 saturated carbocycles. The van der Waals surface area contributed by atoms with Gasteiger partial charge in [0, 0.05) is 13.0 Å². The van der Waals surface area contributed by atoms with Gasteiger partial charge in [-0.05, 0) is 66.5 Å². The molecule has 0 saturated heterocycles. The van der Waals surface area contributed by atoms with Gasteiger partial charge in [-0.25, -0.2) is 13.1 Å². The molecule has 1 N–H and O–H groups in total. The first-order valence-corrected chi connectivity index (χ1v) is 11.1. The van der Waals surface area contributed by atoms with E-state index >= 15 is 0 Å². The van der Waals surface area contributed by atoms with E-state index in [1.807, 2.05) is 0 Å². The fraction of sp³-hybridized carbons (Fsp3) is 0.474. The SMILES string of the molecule is O=C([N-]S(=O)(=O)c1cnn2c1OCCC2)Nc1c2c(cc3c1CCC3)CCC2.[Na+]. The fourth-order valence-electron chi connectivity index (χ4n) is 4.48. The summed E-state index contributed by atoms with van der Waals surface area (Å²) in [5.41, 5.74) is 5.57. The van der Waals surface area contributed by atoms with Crippen LogP contribution in [0, 0.1) is 0 Å². The maximum Gasteiger partial charge on any atom is 1.00 e. The summed E-state index contributed by atoms with van der Waals surface area (Å²) >= 11 is 0. The van der Waals surface area contributed by atoms with Gasteiger partial charge in [0.05, 0.1) is 12.8 Å². The summed E-state index contributed by atoms with van der Waals surface area (Å²) in [7, 11) is -4.20. The van der Waals surface area contributed by atoms with Crippen LogP contribution < -0.4 is 39.6 Å². The molecule has 2 aromatic rings. The molecule has 8 nitrogen and oxygen atoms in total. The Morgan fingerprint density at radius 2 is 1.79 bits per heavy atom. The van der Waals surface area contributed by atoms with E-state index in [-0.39, 0.29) is 40.3 Å². The molecule has 0 radical (unpaired) electrons. The van der Waals surface area contributed by atoms with Crippen molar-refractivity contribution in [2.45, 2.75) is 56.4 Å². The zero-order valence-electron chi connectivity index (χ0n) is 16.4. The number of hydrogen-bond donors (Lipinski definition) is 1. The summed E-state index contributed by atoms with van der Waals surface area (Å²) in [6.07, 6.45) is 7.86. The number of aryl methyl sites for hydroxylation is 3. The molecule has 10 heteroatoms. The third-order valence-corrected chi connectivity index (χ3v) is 6.94. The molecule has 0 fully saturated rings. The number of carbonyl (C=O) groups is 1. The molecule has 2 heterocycles. The van der Waals surface area contributed by atoms with Gasteiger partial charge in [0.2, 0.25) is 15.9 Å². The van der Waals surface area contributed by atoms with Crippen LogP contribution in [-0.2, 0) is 42.3 Å². The maximum atomic E-state index is 12.7. The molecular formula is C19H21N4NaO4S. The molecule has 0 spiro atoms. The second kappa shape index (κ2) is 7.94. The van der Waals surface area contributed by atoms with Crippen molar-refractivity contribution in [1.29, 1.82) is 0 Å². The monoisotopic (exact) mass is 424 g/mol. The van der Waals surface area contributed by atoms with Crippen LogP contribution in [0.5, 0.6) is 5.88 Å². The number of urea groups is 1. The Kier molecular flexibility index (Phi) is 5.67. The molecule has 29 heavy (non-hydrogen) atoms. The summed E-state index contributed by atoms with van der Waals surface area (Å²) < 4.78 is 35.8. The number of hydrogen-bond acceptors (Lipinski definition) is 5. The van der Waals surface area contributed by atoms with E-state index in [0.29, 0.717) is 13.2 Å². The van der Waals surface area contributed by atoms with Crippen molar-refractivity contribution >= 4 is 21.7 Å². The number of nitrogens with one attached hydrogen (secondary N) is 1. The van der Waals surface area contributed by atoms with Gasteiger partial charge >= 0.3 is 29.6 Å². The number of aromatic nitrogens is 2. The number of fused-ring (bicyclic) bond motifs is 3. The zero-order chi connectivity index (χ0) is 19.3. The first kappa shape index (κ1) is 20.7. The number of anilines is 1. The number of nitrogens with zero attached hydrogens (tertiary/aromatic N) is 3. The number of rotatable bonds is 3. The van der Waals surface area contributed by atoms with Crippen molar-refractivity contribution in [2.24, 2.45) is 0 Å². The second-order valence-corrected chi connectivity index (χ2v) is 9.04. The minimum Gasteiger partial charge on any atom is -0.477 e. The summed E-state index contributed by atoms with van der Waals surface area (Å²) in [6, 6.07) is 1.38. The van der Waals surface area contributed by atoms with Crippen molar-refractivity contribution < 1.29 is 47.5 Å². The minimum atomic E-state index is -4.20. The van der Waals surface area contributed by atoms with Crippen molar-refractivity contribution in [3.63, 3.8) is 0 Å². The van der Waals surface area contributed by atoms with Crippen LogP contribution in [0.15, 0.2) is 17.2 Å².